The Labute approximate surface area is 150 Å². The smallest absolute Gasteiger partial charge is 0.257 e. The fraction of sp³-hybridized carbons (Fsp3) is 0.150. The van der Waals surface area contributed by atoms with Gasteiger partial charge >= 0.3 is 0 Å². The molecule has 4 nitrogen and oxygen atoms in total. The topological polar surface area (TPSA) is 59.1 Å². The molecular formula is C20H18N2O2S. The first-order valence-corrected chi connectivity index (χ1v) is 8.73. The molecule has 5 heteroatoms. The molecule has 0 fully saturated rings. The first-order chi connectivity index (χ1) is 12.0. The van der Waals surface area contributed by atoms with Crippen molar-refractivity contribution in [1.29, 1.82) is 0 Å². The van der Waals surface area contributed by atoms with Crippen molar-refractivity contribution >= 4 is 28.2 Å². The Balaban J connectivity index is 1.91. The number of amides is 1. The van der Waals surface area contributed by atoms with E-state index in [2.05, 4.69) is 10.3 Å². The van der Waals surface area contributed by atoms with Gasteiger partial charge in [-0.15, -0.1) is 0 Å². The van der Waals surface area contributed by atoms with E-state index in [1.165, 1.54) is 18.3 Å². The van der Waals surface area contributed by atoms with Gasteiger partial charge in [0, 0.05) is 18.1 Å². The van der Waals surface area contributed by atoms with Gasteiger partial charge in [-0.25, -0.2) is 4.98 Å². The number of hydrogen-bond acceptors (Lipinski definition) is 4. The van der Waals surface area contributed by atoms with Crippen LogP contribution in [0.3, 0.4) is 0 Å². The van der Waals surface area contributed by atoms with E-state index < -0.39 is 0 Å². The fourth-order valence-electron chi connectivity index (χ4n) is 2.46. The van der Waals surface area contributed by atoms with Crippen LogP contribution in [0.2, 0.25) is 0 Å². The summed E-state index contributed by atoms with van der Waals surface area (Å²) in [4.78, 5) is 29.4. The summed E-state index contributed by atoms with van der Waals surface area (Å²) in [6, 6.07) is 15.1. The summed E-state index contributed by atoms with van der Waals surface area (Å²) >= 11 is 1.20. The van der Waals surface area contributed by atoms with Gasteiger partial charge in [0.1, 0.15) is 0 Å². The Kier molecular flexibility index (Phi) is 4.76. The van der Waals surface area contributed by atoms with Crippen molar-refractivity contribution in [1.82, 2.24) is 4.98 Å². The molecule has 0 radical (unpaired) electrons. The molecule has 0 saturated heterocycles. The normalized spacial score (nSPS) is 10.5. The molecule has 0 saturated carbocycles. The molecule has 3 aromatic rings. The zero-order valence-electron chi connectivity index (χ0n) is 14.3. The van der Waals surface area contributed by atoms with Gasteiger partial charge in [0.05, 0.1) is 10.6 Å². The molecular weight excluding hydrogens is 332 g/mol. The maximum Gasteiger partial charge on any atom is 0.257 e. The highest BCUT2D eigenvalue weighted by Crippen LogP contribution is 2.31. The fourth-order valence-corrected chi connectivity index (χ4v) is 3.33. The lowest BCUT2D eigenvalue weighted by Crippen LogP contribution is -2.12. The van der Waals surface area contributed by atoms with Crippen LogP contribution in [0.25, 0.3) is 11.3 Å². The van der Waals surface area contributed by atoms with E-state index in [9.17, 15) is 9.59 Å². The van der Waals surface area contributed by atoms with Gasteiger partial charge in [0.2, 0.25) is 0 Å². The zero-order valence-corrected chi connectivity index (χ0v) is 15.1. The average Bonchev–Trinajstić information content (AvgIpc) is 3.02. The quantitative estimate of drug-likeness (QED) is 0.682. The lowest BCUT2D eigenvalue weighted by atomic mass is 10.1. The summed E-state index contributed by atoms with van der Waals surface area (Å²) in [6.45, 7) is 5.48. The van der Waals surface area contributed by atoms with Gasteiger partial charge in [-0.3, -0.25) is 14.9 Å². The maximum absolute atomic E-state index is 12.5. The number of nitrogens with one attached hydrogen (secondary N) is 1. The molecule has 25 heavy (non-hydrogen) atoms. The van der Waals surface area contributed by atoms with E-state index in [1.807, 2.05) is 56.3 Å². The number of ketones is 1. The van der Waals surface area contributed by atoms with Crippen LogP contribution in [0.4, 0.5) is 5.13 Å². The minimum absolute atomic E-state index is 0.0666. The average molecular weight is 350 g/mol. The van der Waals surface area contributed by atoms with Gasteiger partial charge in [0.15, 0.2) is 10.9 Å². The Bertz CT molecular complexity index is 946. The van der Waals surface area contributed by atoms with Gasteiger partial charge < -0.3 is 0 Å². The zero-order chi connectivity index (χ0) is 18.0. The van der Waals surface area contributed by atoms with Gasteiger partial charge in [-0.05, 0) is 37.1 Å². The van der Waals surface area contributed by atoms with Crippen LogP contribution in [-0.2, 0) is 0 Å². The van der Waals surface area contributed by atoms with Crippen molar-refractivity contribution in [2.24, 2.45) is 0 Å². The third-order valence-electron chi connectivity index (χ3n) is 3.98. The van der Waals surface area contributed by atoms with Crippen molar-refractivity contribution in [2.45, 2.75) is 20.8 Å². The van der Waals surface area contributed by atoms with Crippen LogP contribution in [0.5, 0.6) is 0 Å². The van der Waals surface area contributed by atoms with Gasteiger partial charge in [-0.1, -0.05) is 47.7 Å². The number of carbonyl (C=O) groups is 2. The summed E-state index contributed by atoms with van der Waals surface area (Å²) in [5, 5.41) is 3.23. The highest BCUT2D eigenvalue weighted by Gasteiger charge is 2.18. The third kappa shape index (κ3) is 3.67. The molecule has 1 heterocycles. The van der Waals surface area contributed by atoms with Crippen molar-refractivity contribution in [3.8, 4) is 11.3 Å². The van der Waals surface area contributed by atoms with E-state index >= 15 is 0 Å². The number of thiazole rings is 1. The van der Waals surface area contributed by atoms with E-state index in [0.29, 0.717) is 21.3 Å². The van der Waals surface area contributed by atoms with E-state index in [1.54, 1.807) is 6.07 Å². The molecule has 0 aliphatic heterocycles. The molecule has 1 amide bonds. The second-order valence-corrected chi connectivity index (χ2v) is 6.87. The summed E-state index contributed by atoms with van der Waals surface area (Å²) < 4.78 is 0. The molecule has 3 rings (SSSR count). The molecule has 2 aromatic carbocycles. The number of carbonyl (C=O) groups excluding carboxylic acids is 2. The highest BCUT2D eigenvalue weighted by molar-refractivity contribution is 7.18. The SMILES string of the molecule is CC(=O)c1sc(NC(=O)c2ccc(C)c(C)c2)nc1-c1ccccc1. The number of rotatable bonds is 4. The highest BCUT2D eigenvalue weighted by atomic mass is 32.1. The number of Topliss-reactive ketones (excluding diaryl/α,β-unsaturated/α-hetero) is 1. The standard InChI is InChI=1S/C20H18N2O2S/c1-12-9-10-16(11-13(12)2)19(24)22-20-21-17(18(25-20)14(3)23)15-7-5-4-6-8-15/h4-11H,1-3H3,(H,21,22,24). The number of anilines is 1. The van der Waals surface area contributed by atoms with Crippen molar-refractivity contribution in [2.75, 3.05) is 5.32 Å². The summed E-state index contributed by atoms with van der Waals surface area (Å²) in [7, 11) is 0. The van der Waals surface area contributed by atoms with Crippen LogP contribution in [0, 0.1) is 13.8 Å². The maximum atomic E-state index is 12.5. The van der Waals surface area contributed by atoms with E-state index in [0.717, 1.165) is 16.7 Å². The predicted molar refractivity (Wildman–Crippen MR) is 101 cm³/mol. The van der Waals surface area contributed by atoms with Gasteiger partial charge in [-0.2, -0.15) is 0 Å². The van der Waals surface area contributed by atoms with Crippen LogP contribution >= 0.6 is 11.3 Å². The molecule has 0 unspecified atom stereocenters. The molecule has 0 aliphatic rings. The molecule has 1 N–H and O–H groups in total. The summed E-state index contributed by atoms with van der Waals surface area (Å²) in [5.41, 5.74) is 4.23. The van der Waals surface area contributed by atoms with E-state index in [4.69, 9.17) is 0 Å². The molecule has 0 atom stereocenters. The monoisotopic (exact) mass is 350 g/mol. The summed E-state index contributed by atoms with van der Waals surface area (Å²) in [5.74, 6) is -0.297. The van der Waals surface area contributed by atoms with Crippen LogP contribution in [0.15, 0.2) is 48.5 Å². The third-order valence-corrected chi connectivity index (χ3v) is 5.06. The molecule has 0 bridgehead atoms. The first-order valence-electron chi connectivity index (χ1n) is 7.91. The molecule has 0 spiro atoms. The number of aryl methyl sites for hydroxylation is 2. The van der Waals surface area contributed by atoms with Crippen molar-refractivity contribution in [3.05, 3.63) is 70.1 Å². The predicted octanol–water partition coefficient (Wildman–Crippen LogP) is 4.88. The Morgan fingerprint density at radius 3 is 2.36 bits per heavy atom. The summed E-state index contributed by atoms with van der Waals surface area (Å²) in [6.07, 6.45) is 0. The Morgan fingerprint density at radius 2 is 1.72 bits per heavy atom. The minimum atomic E-state index is -0.230. The number of hydrogen-bond donors (Lipinski definition) is 1. The van der Waals surface area contributed by atoms with Crippen LogP contribution in [0.1, 0.15) is 38.1 Å². The lowest BCUT2D eigenvalue weighted by molar-refractivity contribution is 0.101. The van der Waals surface area contributed by atoms with Crippen molar-refractivity contribution < 1.29 is 9.59 Å². The first kappa shape index (κ1) is 17.0. The van der Waals surface area contributed by atoms with E-state index in [-0.39, 0.29) is 11.7 Å². The van der Waals surface area contributed by atoms with Crippen molar-refractivity contribution in [3.63, 3.8) is 0 Å². The molecule has 0 aliphatic carbocycles. The number of aromatic nitrogens is 1. The number of benzene rings is 2. The minimum Gasteiger partial charge on any atom is -0.298 e. The Morgan fingerprint density at radius 1 is 1.00 bits per heavy atom. The van der Waals surface area contributed by atoms with Crippen LogP contribution in [-0.4, -0.2) is 16.7 Å². The van der Waals surface area contributed by atoms with Crippen LogP contribution < -0.4 is 5.32 Å². The lowest BCUT2D eigenvalue weighted by Gasteiger charge is -2.04. The second kappa shape index (κ2) is 6.99. The Hall–Kier alpha value is -2.79. The molecule has 1 aromatic heterocycles. The molecule has 126 valence electrons. The largest absolute Gasteiger partial charge is 0.298 e. The van der Waals surface area contributed by atoms with Gasteiger partial charge in [0.25, 0.3) is 5.91 Å². The number of nitrogens with zero attached hydrogens (tertiary/aromatic N) is 1. The second-order valence-electron chi connectivity index (χ2n) is 5.87.